The SMILES string of the molecule is C#Cc1ccc(-c2nnc(NC(=O)CNC)cc2C2CCC2)c(O)c1. The summed E-state index contributed by atoms with van der Waals surface area (Å²) in [5, 5.41) is 24.2. The van der Waals surface area contributed by atoms with Gasteiger partial charge in [0.15, 0.2) is 5.82 Å². The van der Waals surface area contributed by atoms with E-state index in [4.69, 9.17) is 6.42 Å². The average molecular weight is 336 g/mol. The lowest BCUT2D eigenvalue weighted by atomic mass is 9.78. The van der Waals surface area contributed by atoms with E-state index in [2.05, 4.69) is 26.8 Å². The number of amides is 1. The molecule has 1 aliphatic rings. The normalized spacial score (nSPS) is 13.8. The Hall–Kier alpha value is -2.91. The molecule has 1 heterocycles. The van der Waals surface area contributed by atoms with E-state index in [0.29, 0.717) is 28.6 Å². The summed E-state index contributed by atoms with van der Waals surface area (Å²) in [6, 6.07) is 6.93. The lowest BCUT2D eigenvalue weighted by Crippen LogP contribution is -2.26. The molecule has 0 bridgehead atoms. The summed E-state index contributed by atoms with van der Waals surface area (Å²) >= 11 is 0. The second-order valence-electron chi connectivity index (χ2n) is 6.12. The highest BCUT2D eigenvalue weighted by Crippen LogP contribution is 2.42. The predicted octanol–water partition coefficient (Wildman–Crippen LogP) is 2.26. The molecular weight excluding hydrogens is 316 g/mol. The number of phenolic OH excluding ortho intramolecular Hbond substituents is 1. The van der Waals surface area contributed by atoms with Crippen LogP contribution in [-0.2, 0) is 4.79 Å². The van der Waals surface area contributed by atoms with Gasteiger partial charge >= 0.3 is 0 Å². The number of nitrogens with one attached hydrogen (secondary N) is 2. The number of hydrogen-bond acceptors (Lipinski definition) is 5. The molecule has 6 heteroatoms. The first-order chi connectivity index (χ1) is 12.1. The van der Waals surface area contributed by atoms with E-state index in [0.717, 1.165) is 24.8 Å². The van der Waals surface area contributed by atoms with Crippen molar-refractivity contribution in [3.05, 3.63) is 35.4 Å². The van der Waals surface area contributed by atoms with Crippen LogP contribution >= 0.6 is 0 Å². The van der Waals surface area contributed by atoms with E-state index in [1.807, 2.05) is 6.07 Å². The number of anilines is 1. The van der Waals surface area contributed by atoms with Crippen molar-refractivity contribution in [3.63, 3.8) is 0 Å². The smallest absolute Gasteiger partial charge is 0.239 e. The number of likely N-dealkylation sites (N-methyl/N-ethyl adjacent to an activating group) is 1. The molecule has 1 aromatic heterocycles. The summed E-state index contributed by atoms with van der Waals surface area (Å²) in [5.74, 6) is 3.18. The van der Waals surface area contributed by atoms with Crippen molar-refractivity contribution in [1.29, 1.82) is 0 Å². The van der Waals surface area contributed by atoms with E-state index < -0.39 is 0 Å². The molecule has 0 atom stereocenters. The second-order valence-corrected chi connectivity index (χ2v) is 6.12. The summed E-state index contributed by atoms with van der Waals surface area (Å²) in [5.41, 5.74) is 2.83. The fourth-order valence-electron chi connectivity index (χ4n) is 2.88. The summed E-state index contributed by atoms with van der Waals surface area (Å²) in [6.45, 7) is 0.205. The minimum atomic E-state index is -0.176. The fraction of sp³-hybridized carbons (Fsp3) is 0.316. The van der Waals surface area contributed by atoms with Crippen molar-refractivity contribution < 1.29 is 9.90 Å². The number of aromatic hydroxyl groups is 1. The van der Waals surface area contributed by atoms with Gasteiger partial charge in [0.1, 0.15) is 11.4 Å². The van der Waals surface area contributed by atoms with Gasteiger partial charge < -0.3 is 15.7 Å². The monoisotopic (exact) mass is 336 g/mol. The fourth-order valence-corrected chi connectivity index (χ4v) is 2.88. The van der Waals surface area contributed by atoms with Crippen LogP contribution in [0.3, 0.4) is 0 Å². The maximum atomic E-state index is 11.8. The Bertz CT molecular complexity index is 838. The summed E-state index contributed by atoms with van der Waals surface area (Å²) < 4.78 is 0. The standard InChI is InChI=1S/C19H20N4O2/c1-3-12-7-8-14(16(24)9-12)19-15(13-5-4-6-13)10-17(22-23-19)21-18(25)11-20-2/h1,7-10,13,20,24H,4-6,11H2,2H3,(H,21,22,25). The molecule has 3 N–H and O–H groups in total. The van der Waals surface area contributed by atoms with Gasteiger partial charge in [-0.2, -0.15) is 0 Å². The third-order valence-electron chi connectivity index (χ3n) is 4.39. The van der Waals surface area contributed by atoms with Crippen molar-refractivity contribution in [1.82, 2.24) is 15.5 Å². The third-order valence-corrected chi connectivity index (χ3v) is 4.39. The molecule has 1 saturated carbocycles. The summed E-state index contributed by atoms with van der Waals surface area (Å²) in [7, 11) is 1.71. The lowest BCUT2D eigenvalue weighted by Gasteiger charge is -2.27. The van der Waals surface area contributed by atoms with Gasteiger partial charge in [0.05, 0.1) is 6.54 Å². The molecule has 1 amide bonds. The zero-order chi connectivity index (χ0) is 17.8. The number of benzene rings is 1. The van der Waals surface area contributed by atoms with Crippen molar-refractivity contribution in [3.8, 4) is 29.4 Å². The van der Waals surface area contributed by atoms with Gasteiger partial charge in [-0.1, -0.05) is 12.3 Å². The molecule has 0 unspecified atom stereocenters. The number of carbonyl (C=O) groups excluding carboxylic acids is 1. The van der Waals surface area contributed by atoms with E-state index >= 15 is 0 Å². The van der Waals surface area contributed by atoms with Crippen LogP contribution in [0.4, 0.5) is 5.82 Å². The molecule has 25 heavy (non-hydrogen) atoms. The van der Waals surface area contributed by atoms with Gasteiger partial charge in [-0.3, -0.25) is 4.79 Å². The van der Waals surface area contributed by atoms with Gasteiger partial charge in [0.25, 0.3) is 0 Å². The molecular formula is C19H20N4O2. The number of hydrogen-bond donors (Lipinski definition) is 3. The quantitative estimate of drug-likeness (QED) is 0.729. The number of rotatable bonds is 5. The third kappa shape index (κ3) is 3.62. The van der Waals surface area contributed by atoms with Crippen molar-refractivity contribution >= 4 is 11.7 Å². The molecule has 1 aliphatic carbocycles. The van der Waals surface area contributed by atoms with Crippen molar-refractivity contribution in [2.45, 2.75) is 25.2 Å². The van der Waals surface area contributed by atoms with Crippen LogP contribution in [0, 0.1) is 12.3 Å². The minimum absolute atomic E-state index is 0.0808. The molecule has 0 radical (unpaired) electrons. The molecule has 6 nitrogen and oxygen atoms in total. The zero-order valence-electron chi connectivity index (χ0n) is 14.0. The minimum Gasteiger partial charge on any atom is -0.507 e. The van der Waals surface area contributed by atoms with Gasteiger partial charge in [0, 0.05) is 11.1 Å². The van der Waals surface area contributed by atoms with Gasteiger partial charge in [0.2, 0.25) is 5.91 Å². The number of aromatic nitrogens is 2. The number of phenols is 1. The number of carbonyl (C=O) groups is 1. The molecule has 1 fully saturated rings. The molecule has 0 aliphatic heterocycles. The Kier molecular flexibility index (Phi) is 4.96. The van der Waals surface area contributed by atoms with Gasteiger partial charge in [-0.15, -0.1) is 16.6 Å². The van der Waals surface area contributed by atoms with Crippen LogP contribution in [0.5, 0.6) is 5.75 Å². The maximum Gasteiger partial charge on any atom is 0.239 e. The molecule has 128 valence electrons. The van der Waals surface area contributed by atoms with E-state index in [9.17, 15) is 9.90 Å². The van der Waals surface area contributed by atoms with Crippen LogP contribution in [-0.4, -0.2) is 34.8 Å². The number of nitrogens with zero attached hydrogens (tertiary/aromatic N) is 2. The largest absolute Gasteiger partial charge is 0.507 e. The molecule has 3 rings (SSSR count). The first-order valence-electron chi connectivity index (χ1n) is 8.24. The first-order valence-corrected chi connectivity index (χ1v) is 8.24. The lowest BCUT2D eigenvalue weighted by molar-refractivity contribution is -0.115. The van der Waals surface area contributed by atoms with E-state index in [1.165, 1.54) is 0 Å². The van der Waals surface area contributed by atoms with Crippen molar-refractivity contribution in [2.75, 3.05) is 18.9 Å². The molecule has 1 aromatic carbocycles. The van der Waals surface area contributed by atoms with E-state index in [1.54, 1.807) is 25.2 Å². The highest BCUT2D eigenvalue weighted by atomic mass is 16.3. The molecule has 2 aromatic rings. The van der Waals surface area contributed by atoms with Gasteiger partial charge in [-0.25, -0.2) is 0 Å². The van der Waals surface area contributed by atoms with E-state index in [-0.39, 0.29) is 18.2 Å². The highest BCUT2D eigenvalue weighted by Gasteiger charge is 2.25. The summed E-state index contributed by atoms with van der Waals surface area (Å²) in [6.07, 6.45) is 8.66. The Labute approximate surface area is 146 Å². The highest BCUT2D eigenvalue weighted by molar-refractivity contribution is 5.91. The predicted molar refractivity (Wildman–Crippen MR) is 96.2 cm³/mol. The second kappa shape index (κ2) is 7.32. The van der Waals surface area contributed by atoms with Crippen LogP contribution in [0.2, 0.25) is 0 Å². The average Bonchev–Trinajstić information content (AvgIpc) is 2.54. The van der Waals surface area contributed by atoms with Crippen LogP contribution in [0.25, 0.3) is 11.3 Å². The molecule has 0 spiro atoms. The van der Waals surface area contributed by atoms with Crippen molar-refractivity contribution in [2.24, 2.45) is 0 Å². The Balaban J connectivity index is 1.99. The topological polar surface area (TPSA) is 87.1 Å². The summed E-state index contributed by atoms with van der Waals surface area (Å²) in [4.78, 5) is 11.8. The first kappa shape index (κ1) is 16.9. The molecule has 0 saturated heterocycles. The van der Waals surface area contributed by atoms with Crippen LogP contribution in [0.15, 0.2) is 24.3 Å². The Morgan fingerprint density at radius 3 is 2.76 bits per heavy atom. The zero-order valence-corrected chi connectivity index (χ0v) is 14.0. The number of terminal acetylenes is 1. The Morgan fingerprint density at radius 1 is 1.36 bits per heavy atom. The van der Waals surface area contributed by atoms with Crippen LogP contribution < -0.4 is 10.6 Å². The Morgan fingerprint density at radius 2 is 2.16 bits per heavy atom. The van der Waals surface area contributed by atoms with Crippen LogP contribution in [0.1, 0.15) is 36.3 Å². The maximum absolute atomic E-state index is 11.8. The van der Waals surface area contributed by atoms with Gasteiger partial charge in [-0.05, 0) is 55.6 Å².